The first-order valence-corrected chi connectivity index (χ1v) is 9.31. The summed E-state index contributed by atoms with van der Waals surface area (Å²) in [5.41, 5.74) is 1.47. The summed E-state index contributed by atoms with van der Waals surface area (Å²) in [6.45, 7) is 3.27. The van der Waals surface area contributed by atoms with Crippen molar-refractivity contribution >= 4 is 28.5 Å². The molecule has 0 aliphatic carbocycles. The number of anilines is 1. The van der Waals surface area contributed by atoms with Crippen LogP contribution in [0.2, 0.25) is 5.02 Å². The lowest BCUT2D eigenvalue weighted by Crippen LogP contribution is -2.41. The fourth-order valence-electron chi connectivity index (χ4n) is 3.19. The quantitative estimate of drug-likeness (QED) is 0.675. The molecule has 0 radical (unpaired) electrons. The molecule has 1 saturated heterocycles. The largest absolute Gasteiger partial charge is 0.490 e. The number of morpholine rings is 1. The zero-order valence-electron chi connectivity index (χ0n) is 14.8. The van der Waals surface area contributed by atoms with Gasteiger partial charge in [-0.2, -0.15) is 0 Å². The van der Waals surface area contributed by atoms with Gasteiger partial charge in [0.05, 0.1) is 35.8 Å². The Bertz CT molecular complexity index is 999. The van der Waals surface area contributed by atoms with Gasteiger partial charge in [-0.3, -0.25) is 4.79 Å². The number of hydrogen-bond donors (Lipinski definition) is 0. The Labute approximate surface area is 161 Å². The number of benzene rings is 2. The van der Waals surface area contributed by atoms with E-state index in [-0.39, 0.29) is 5.56 Å². The summed E-state index contributed by atoms with van der Waals surface area (Å²) in [6.07, 6.45) is 0. The zero-order chi connectivity index (χ0) is 18.6. The molecule has 2 aromatic carbocycles. The van der Waals surface area contributed by atoms with Crippen molar-refractivity contribution in [2.75, 3.05) is 37.8 Å². The molecule has 27 heavy (non-hydrogen) atoms. The van der Waals surface area contributed by atoms with Crippen LogP contribution >= 0.6 is 11.6 Å². The van der Waals surface area contributed by atoms with E-state index in [1.165, 1.54) is 0 Å². The maximum absolute atomic E-state index is 13.1. The number of hydrogen-bond acceptors (Lipinski definition) is 5. The van der Waals surface area contributed by atoms with Crippen molar-refractivity contribution in [3.05, 3.63) is 63.9 Å². The SMILES string of the molecule is O=c1c(N2CCOCC2)nc2ccccc2n1CCOc1ccccc1Cl. The van der Waals surface area contributed by atoms with Crippen molar-refractivity contribution in [2.24, 2.45) is 0 Å². The molecular formula is C20H20ClN3O3. The van der Waals surface area contributed by atoms with Gasteiger partial charge < -0.3 is 18.9 Å². The van der Waals surface area contributed by atoms with Crippen molar-refractivity contribution in [1.29, 1.82) is 0 Å². The molecule has 0 N–H and O–H groups in total. The first-order valence-electron chi connectivity index (χ1n) is 8.93. The van der Waals surface area contributed by atoms with E-state index >= 15 is 0 Å². The monoisotopic (exact) mass is 385 g/mol. The maximum Gasteiger partial charge on any atom is 0.294 e. The van der Waals surface area contributed by atoms with Crippen molar-refractivity contribution in [2.45, 2.75) is 6.54 Å². The predicted octanol–water partition coefficient (Wildman–Crippen LogP) is 2.97. The first kappa shape index (κ1) is 17.8. The summed E-state index contributed by atoms with van der Waals surface area (Å²) in [4.78, 5) is 19.7. The highest BCUT2D eigenvalue weighted by Gasteiger charge is 2.19. The molecule has 2 heterocycles. The van der Waals surface area contributed by atoms with Crippen LogP contribution in [0.4, 0.5) is 5.82 Å². The topological polar surface area (TPSA) is 56.6 Å². The van der Waals surface area contributed by atoms with Crippen LogP contribution in [0.25, 0.3) is 11.0 Å². The minimum Gasteiger partial charge on any atom is -0.490 e. The van der Waals surface area contributed by atoms with E-state index in [2.05, 4.69) is 4.98 Å². The highest BCUT2D eigenvalue weighted by molar-refractivity contribution is 6.32. The molecule has 1 aromatic heterocycles. The number of para-hydroxylation sites is 3. The van der Waals surface area contributed by atoms with Crippen molar-refractivity contribution < 1.29 is 9.47 Å². The van der Waals surface area contributed by atoms with Crippen molar-refractivity contribution in [3.63, 3.8) is 0 Å². The second kappa shape index (κ2) is 7.98. The Kier molecular flexibility index (Phi) is 5.27. The molecule has 0 unspecified atom stereocenters. The Balaban J connectivity index is 1.65. The fourth-order valence-corrected chi connectivity index (χ4v) is 3.38. The lowest BCUT2D eigenvalue weighted by Gasteiger charge is -2.28. The molecule has 3 aromatic rings. The van der Waals surface area contributed by atoms with Crippen LogP contribution in [0.3, 0.4) is 0 Å². The van der Waals surface area contributed by atoms with Gasteiger partial charge in [0.1, 0.15) is 12.4 Å². The van der Waals surface area contributed by atoms with Crippen LogP contribution in [-0.4, -0.2) is 42.5 Å². The molecule has 0 atom stereocenters. The normalized spacial score (nSPS) is 14.5. The zero-order valence-corrected chi connectivity index (χ0v) is 15.6. The minimum absolute atomic E-state index is 0.113. The van der Waals surface area contributed by atoms with Gasteiger partial charge in [0.2, 0.25) is 0 Å². The summed E-state index contributed by atoms with van der Waals surface area (Å²) < 4.78 is 12.9. The maximum atomic E-state index is 13.1. The standard InChI is InChI=1S/C20H20ClN3O3/c21-15-5-1-4-8-18(15)27-14-11-24-17-7-3-2-6-16(17)22-19(20(24)25)23-9-12-26-13-10-23/h1-8H,9-14H2. The number of aromatic nitrogens is 2. The molecule has 1 fully saturated rings. The van der Waals surface area contributed by atoms with Crippen LogP contribution in [0.15, 0.2) is 53.3 Å². The van der Waals surface area contributed by atoms with Gasteiger partial charge in [-0.1, -0.05) is 35.9 Å². The minimum atomic E-state index is -0.113. The van der Waals surface area contributed by atoms with Gasteiger partial charge in [0.15, 0.2) is 5.82 Å². The van der Waals surface area contributed by atoms with Crippen LogP contribution in [0, 0.1) is 0 Å². The fraction of sp³-hybridized carbons (Fsp3) is 0.300. The van der Waals surface area contributed by atoms with Gasteiger partial charge in [0, 0.05) is 13.1 Å². The van der Waals surface area contributed by atoms with E-state index < -0.39 is 0 Å². The number of rotatable bonds is 5. The predicted molar refractivity (Wildman–Crippen MR) is 106 cm³/mol. The molecule has 0 bridgehead atoms. The molecule has 0 spiro atoms. The summed E-state index contributed by atoms with van der Waals surface area (Å²) in [5, 5.41) is 0.554. The summed E-state index contributed by atoms with van der Waals surface area (Å²) in [6, 6.07) is 15.0. The Morgan fingerprint density at radius 3 is 2.63 bits per heavy atom. The van der Waals surface area contributed by atoms with Crippen LogP contribution in [-0.2, 0) is 11.3 Å². The van der Waals surface area contributed by atoms with Crippen molar-refractivity contribution in [1.82, 2.24) is 9.55 Å². The highest BCUT2D eigenvalue weighted by atomic mass is 35.5. The third-order valence-corrected chi connectivity index (χ3v) is 4.87. The van der Waals surface area contributed by atoms with E-state index in [0.717, 1.165) is 11.0 Å². The van der Waals surface area contributed by atoms with E-state index in [0.29, 0.717) is 56.0 Å². The lowest BCUT2D eigenvalue weighted by molar-refractivity contribution is 0.122. The first-order chi connectivity index (χ1) is 13.2. The van der Waals surface area contributed by atoms with Gasteiger partial charge in [-0.15, -0.1) is 0 Å². The second-order valence-electron chi connectivity index (χ2n) is 6.26. The summed E-state index contributed by atoms with van der Waals surface area (Å²) in [7, 11) is 0. The van der Waals surface area contributed by atoms with Crippen LogP contribution < -0.4 is 15.2 Å². The Morgan fingerprint density at radius 1 is 1.07 bits per heavy atom. The molecule has 0 amide bonds. The number of ether oxygens (including phenoxy) is 2. The van der Waals surface area contributed by atoms with Gasteiger partial charge >= 0.3 is 0 Å². The van der Waals surface area contributed by atoms with Crippen molar-refractivity contribution in [3.8, 4) is 5.75 Å². The van der Waals surface area contributed by atoms with Crippen LogP contribution in [0.5, 0.6) is 5.75 Å². The molecule has 1 aliphatic heterocycles. The highest BCUT2D eigenvalue weighted by Crippen LogP contribution is 2.23. The average Bonchev–Trinajstić information content (AvgIpc) is 2.71. The van der Waals surface area contributed by atoms with E-state index in [1.807, 2.05) is 47.4 Å². The summed E-state index contributed by atoms with van der Waals surface area (Å²) >= 11 is 6.14. The van der Waals surface area contributed by atoms with Gasteiger partial charge in [0.25, 0.3) is 5.56 Å². The molecule has 0 saturated carbocycles. The van der Waals surface area contributed by atoms with Gasteiger partial charge in [-0.05, 0) is 24.3 Å². The van der Waals surface area contributed by atoms with Crippen LogP contribution in [0.1, 0.15) is 0 Å². The number of fused-ring (bicyclic) bond motifs is 1. The van der Waals surface area contributed by atoms with E-state index in [1.54, 1.807) is 10.6 Å². The third kappa shape index (κ3) is 3.77. The van der Waals surface area contributed by atoms with E-state index in [9.17, 15) is 4.79 Å². The molecule has 1 aliphatic rings. The van der Waals surface area contributed by atoms with E-state index in [4.69, 9.17) is 21.1 Å². The molecule has 6 nitrogen and oxygen atoms in total. The smallest absolute Gasteiger partial charge is 0.294 e. The molecule has 7 heteroatoms. The third-order valence-electron chi connectivity index (χ3n) is 4.56. The lowest BCUT2D eigenvalue weighted by atomic mass is 10.3. The summed E-state index contributed by atoms with van der Waals surface area (Å²) in [5.74, 6) is 1.08. The average molecular weight is 386 g/mol. The second-order valence-corrected chi connectivity index (χ2v) is 6.67. The number of nitrogens with zero attached hydrogens (tertiary/aromatic N) is 3. The van der Waals surface area contributed by atoms with Gasteiger partial charge in [-0.25, -0.2) is 4.98 Å². The Morgan fingerprint density at radius 2 is 1.81 bits per heavy atom. The molecule has 4 rings (SSSR count). The Hall–Kier alpha value is -2.57. The number of halogens is 1. The molecular weight excluding hydrogens is 366 g/mol. The molecule has 140 valence electrons.